The highest BCUT2D eigenvalue weighted by molar-refractivity contribution is 6.42. The minimum atomic E-state index is 0.315. The summed E-state index contributed by atoms with van der Waals surface area (Å²) in [6.45, 7) is 1.99. The van der Waals surface area contributed by atoms with E-state index in [-0.39, 0.29) is 0 Å². The van der Waals surface area contributed by atoms with E-state index >= 15 is 0 Å². The van der Waals surface area contributed by atoms with Crippen molar-refractivity contribution in [3.05, 3.63) is 94.0 Å². The summed E-state index contributed by atoms with van der Waals surface area (Å²) in [6, 6.07) is 22.5. The van der Waals surface area contributed by atoms with Crippen LogP contribution in [0.25, 0.3) is 28.1 Å². The molecule has 0 atom stereocenters. The smallest absolute Gasteiger partial charge is 0.0900 e. The van der Waals surface area contributed by atoms with E-state index in [4.69, 9.17) is 33.2 Å². The van der Waals surface area contributed by atoms with Crippen molar-refractivity contribution in [3.63, 3.8) is 0 Å². The van der Waals surface area contributed by atoms with Gasteiger partial charge in [-0.15, -0.1) is 0 Å². The molecule has 1 aromatic heterocycles. The Bertz CT molecular complexity index is 1620. The molecule has 5 nitrogen and oxygen atoms in total. The number of halogens is 2. The lowest BCUT2D eigenvalue weighted by atomic mass is 9.96. The fourth-order valence-corrected chi connectivity index (χ4v) is 5.35. The molecule has 1 aliphatic heterocycles. The van der Waals surface area contributed by atoms with Gasteiger partial charge in [0.2, 0.25) is 0 Å². The van der Waals surface area contributed by atoms with E-state index in [1.807, 2.05) is 61.7 Å². The second kappa shape index (κ2) is 10.2. The zero-order valence-corrected chi connectivity index (χ0v) is 22.1. The highest BCUT2D eigenvalue weighted by atomic mass is 35.5. The highest BCUT2D eigenvalue weighted by Crippen LogP contribution is 2.33. The second-order valence-corrected chi connectivity index (χ2v) is 10.4. The van der Waals surface area contributed by atoms with Crippen LogP contribution < -0.4 is 10.7 Å². The standard InChI is InChI=1S/C30H27Cl2N5/c1-19-11-12-21(18-33-19)35-26-16-28-30(17-27(26)34-20-7-3-2-4-8-20)37(22-13-14-23(31)24(32)15-22)29-10-6-5-9-25(29)36-28/h5-6,9-18,20,35H,2-4,7-8H2,1H3. The van der Waals surface area contributed by atoms with Crippen LogP contribution in [0.1, 0.15) is 37.8 Å². The summed E-state index contributed by atoms with van der Waals surface area (Å²) in [6.07, 6.45) is 7.83. The molecule has 0 unspecified atom stereocenters. The normalized spacial score (nSPS) is 14.9. The van der Waals surface area contributed by atoms with Gasteiger partial charge in [0.1, 0.15) is 0 Å². The number of fused-ring (bicyclic) bond motifs is 2. The van der Waals surface area contributed by atoms with Crippen molar-refractivity contribution in [1.82, 2.24) is 14.5 Å². The SMILES string of the molecule is Cc1ccc(Nc2cc3nc4ccccc4n(-c4ccc(Cl)c(Cl)c4)c-3cc2=NC2CCCCC2)cn1. The van der Waals surface area contributed by atoms with Gasteiger partial charge < -0.3 is 9.88 Å². The van der Waals surface area contributed by atoms with Gasteiger partial charge in [-0.1, -0.05) is 54.6 Å². The van der Waals surface area contributed by atoms with E-state index in [1.165, 1.54) is 19.3 Å². The molecular weight excluding hydrogens is 501 g/mol. The van der Waals surface area contributed by atoms with Crippen molar-refractivity contribution >= 4 is 45.6 Å². The second-order valence-electron chi connectivity index (χ2n) is 9.63. The largest absolute Gasteiger partial charge is 0.352 e. The van der Waals surface area contributed by atoms with E-state index in [2.05, 4.69) is 33.1 Å². The van der Waals surface area contributed by atoms with E-state index < -0.39 is 0 Å². The zero-order valence-electron chi connectivity index (χ0n) is 20.6. The van der Waals surface area contributed by atoms with Crippen LogP contribution in [0, 0.1) is 6.92 Å². The molecule has 186 valence electrons. The topological polar surface area (TPSA) is 55.1 Å². The van der Waals surface area contributed by atoms with Crippen LogP contribution in [0.2, 0.25) is 10.0 Å². The van der Waals surface area contributed by atoms with Gasteiger partial charge in [-0.25, -0.2) is 4.98 Å². The lowest BCUT2D eigenvalue weighted by Crippen LogP contribution is -2.19. The maximum absolute atomic E-state index is 6.46. The van der Waals surface area contributed by atoms with E-state index in [9.17, 15) is 0 Å². The van der Waals surface area contributed by atoms with Crippen LogP contribution in [-0.4, -0.2) is 20.6 Å². The van der Waals surface area contributed by atoms with Gasteiger partial charge in [-0.2, -0.15) is 0 Å². The Morgan fingerprint density at radius 2 is 1.76 bits per heavy atom. The third kappa shape index (κ3) is 4.94. The minimum Gasteiger partial charge on any atom is -0.352 e. The number of para-hydroxylation sites is 2. The van der Waals surface area contributed by atoms with Crippen LogP contribution in [0.5, 0.6) is 0 Å². The third-order valence-electron chi connectivity index (χ3n) is 6.95. The Morgan fingerprint density at radius 3 is 2.54 bits per heavy atom. The number of aromatic nitrogens is 3. The molecule has 37 heavy (non-hydrogen) atoms. The summed E-state index contributed by atoms with van der Waals surface area (Å²) in [5, 5.41) is 5.52. The number of benzene rings is 3. The van der Waals surface area contributed by atoms with Gasteiger partial charge in [0, 0.05) is 11.4 Å². The van der Waals surface area contributed by atoms with E-state index in [1.54, 1.807) is 0 Å². The predicted molar refractivity (Wildman–Crippen MR) is 152 cm³/mol. The van der Waals surface area contributed by atoms with Crippen molar-refractivity contribution in [2.45, 2.75) is 45.1 Å². The van der Waals surface area contributed by atoms with Gasteiger partial charge in [0.25, 0.3) is 0 Å². The first-order valence-corrected chi connectivity index (χ1v) is 13.5. The fraction of sp³-hybridized carbons (Fsp3) is 0.233. The lowest BCUT2D eigenvalue weighted by Gasteiger charge is -2.22. The molecule has 2 aromatic carbocycles. The zero-order chi connectivity index (χ0) is 25.4. The summed E-state index contributed by atoms with van der Waals surface area (Å²) >= 11 is 12.7. The first kappa shape index (κ1) is 24.0. The number of hydrogen-bond donors (Lipinski definition) is 1. The molecule has 1 fully saturated rings. The number of nitrogens with one attached hydrogen (secondary N) is 1. The van der Waals surface area contributed by atoms with Crippen molar-refractivity contribution in [1.29, 1.82) is 0 Å². The van der Waals surface area contributed by atoms with Crippen molar-refractivity contribution in [2.24, 2.45) is 4.99 Å². The first-order chi connectivity index (χ1) is 18.0. The van der Waals surface area contributed by atoms with Crippen molar-refractivity contribution in [3.8, 4) is 17.1 Å². The molecule has 6 rings (SSSR count). The van der Waals surface area contributed by atoms with Gasteiger partial charge in [0.15, 0.2) is 0 Å². The average molecular weight is 528 g/mol. The number of aryl methyl sites for hydroxylation is 1. The van der Waals surface area contributed by atoms with Crippen LogP contribution in [0.3, 0.4) is 0 Å². The van der Waals surface area contributed by atoms with Gasteiger partial charge in [-0.3, -0.25) is 9.98 Å². The van der Waals surface area contributed by atoms with Gasteiger partial charge >= 0.3 is 0 Å². The van der Waals surface area contributed by atoms with Crippen LogP contribution in [-0.2, 0) is 0 Å². The Morgan fingerprint density at radius 1 is 0.919 bits per heavy atom. The summed E-state index contributed by atoms with van der Waals surface area (Å²) in [5.74, 6) is 0. The number of nitrogens with zero attached hydrogens (tertiary/aromatic N) is 4. The Balaban J connectivity index is 1.62. The van der Waals surface area contributed by atoms with Crippen molar-refractivity contribution in [2.75, 3.05) is 5.32 Å². The number of anilines is 2. The Labute approximate surface area is 226 Å². The van der Waals surface area contributed by atoms with Gasteiger partial charge in [0.05, 0.1) is 61.4 Å². The maximum atomic E-state index is 6.46. The number of pyridine rings is 1. The molecule has 2 heterocycles. The summed E-state index contributed by atoms with van der Waals surface area (Å²) in [5.41, 5.74) is 7.43. The average Bonchev–Trinajstić information content (AvgIpc) is 2.91. The quantitative estimate of drug-likeness (QED) is 0.240. The molecule has 3 aliphatic rings. The first-order valence-electron chi connectivity index (χ1n) is 12.7. The molecule has 0 radical (unpaired) electrons. The summed E-state index contributed by atoms with van der Waals surface area (Å²) in [4.78, 5) is 14.7. The molecule has 3 aromatic rings. The molecule has 0 bridgehead atoms. The molecule has 2 aliphatic carbocycles. The molecule has 7 heteroatoms. The molecule has 1 N–H and O–H groups in total. The van der Waals surface area contributed by atoms with Crippen molar-refractivity contribution < 1.29 is 0 Å². The maximum Gasteiger partial charge on any atom is 0.0900 e. The summed E-state index contributed by atoms with van der Waals surface area (Å²) in [7, 11) is 0. The molecule has 0 amide bonds. The van der Waals surface area contributed by atoms with Crippen LogP contribution in [0.4, 0.5) is 11.4 Å². The molecular formula is C30H27Cl2N5. The Hall–Kier alpha value is -3.41. The van der Waals surface area contributed by atoms with E-state index in [0.717, 1.165) is 63.4 Å². The minimum absolute atomic E-state index is 0.315. The van der Waals surface area contributed by atoms with Crippen LogP contribution in [0.15, 0.2) is 77.9 Å². The van der Waals surface area contributed by atoms with Gasteiger partial charge in [-0.05, 0) is 74.4 Å². The summed E-state index contributed by atoms with van der Waals surface area (Å²) < 4.78 is 2.19. The lowest BCUT2D eigenvalue weighted by molar-refractivity contribution is 0.437. The van der Waals surface area contributed by atoms with E-state index in [0.29, 0.717) is 16.1 Å². The predicted octanol–water partition coefficient (Wildman–Crippen LogP) is 8.12. The van der Waals surface area contributed by atoms with Crippen LogP contribution >= 0.6 is 23.2 Å². The fourth-order valence-electron chi connectivity index (χ4n) is 5.06. The molecule has 0 spiro atoms. The third-order valence-corrected chi connectivity index (χ3v) is 7.68. The highest BCUT2D eigenvalue weighted by Gasteiger charge is 2.19. The Kier molecular flexibility index (Phi) is 6.58. The number of hydrogen-bond acceptors (Lipinski definition) is 4. The number of rotatable bonds is 4. The monoisotopic (exact) mass is 527 g/mol. The molecule has 1 saturated carbocycles. The molecule has 0 saturated heterocycles.